The number of ether oxygens (including phenoxy) is 1. The zero-order valence-electron chi connectivity index (χ0n) is 12.3. The quantitative estimate of drug-likeness (QED) is 0.803. The fourth-order valence-corrected chi connectivity index (χ4v) is 2.90. The highest BCUT2D eigenvalue weighted by atomic mass is 32.2. The van der Waals surface area contributed by atoms with Crippen LogP contribution in [0.1, 0.15) is 25.5 Å². The van der Waals surface area contributed by atoms with E-state index in [0.717, 1.165) is 11.3 Å². The normalized spacial score (nSPS) is 12.4. The maximum Gasteiger partial charge on any atom is 0.136 e. The van der Waals surface area contributed by atoms with Crippen LogP contribution in [0.25, 0.3) is 0 Å². The van der Waals surface area contributed by atoms with Gasteiger partial charge in [0, 0.05) is 22.3 Å². The van der Waals surface area contributed by atoms with Crippen molar-refractivity contribution >= 4 is 11.8 Å². The summed E-state index contributed by atoms with van der Waals surface area (Å²) < 4.78 is 19.4. The number of nitrogens with two attached hydrogens (primary N) is 1. The molecule has 0 heterocycles. The molecule has 2 rings (SSSR count). The molecule has 0 aromatic heterocycles. The van der Waals surface area contributed by atoms with E-state index in [1.54, 1.807) is 12.1 Å². The molecule has 4 heteroatoms. The summed E-state index contributed by atoms with van der Waals surface area (Å²) in [6.07, 6.45) is 0.0950. The van der Waals surface area contributed by atoms with Crippen LogP contribution in [0.3, 0.4) is 0 Å². The Kier molecular flexibility index (Phi) is 5.65. The first-order valence-electron chi connectivity index (χ1n) is 6.96. The summed E-state index contributed by atoms with van der Waals surface area (Å²) in [5.74, 6) is 1.19. The molecule has 0 saturated carbocycles. The molecule has 1 atom stereocenters. The van der Waals surface area contributed by atoms with Crippen LogP contribution in [0, 0.1) is 5.82 Å². The third-order valence-electron chi connectivity index (χ3n) is 2.94. The van der Waals surface area contributed by atoms with Crippen LogP contribution in [0.5, 0.6) is 5.75 Å². The number of para-hydroxylation sites is 1. The van der Waals surface area contributed by atoms with Gasteiger partial charge in [0.1, 0.15) is 11.6 Å². The molecular formula is C17H20FNOS. The second-order valence-electron chi connectivity index (χ2n) is 5.05. The Morgan fingerprint density at radius 3 is 2.48 bits per heavy atom. The average molecular weight is 305 g/mol. The minimum atomic E-state index is -0.207. The Morgan fingerprint density at radius 1 is 1.10 bits per heavy atom. The largest absolute Gasteiger partial charge is 0.491 e. The van der Waals surface area contributed by atoms with Crippen molar-refractivity contribution in [1.29, 1.82) is 0 Å². The fourth-order valence-electron chi connectivity index (χ4n) is 1.98. The van der Waals surface area contributed by atoms with E-state index in [2.05, 4.69) is 0 Å². The first kappa shape index (κ1) is 15.9. The van der Waals surface area contributed by atoms with Gasteiger partial charge in [0.05, 0.1) is 6.10 Å². The van der Waals surface area contributed by atoms with Gasteiger partial charge in [0.15, 0.2) is 0 Å². The van der Waals surface area contributed by atoms with Crippen LogP contribution in [0.15, 0.2) is 53.4 Å². The molecule has 0 aliphatic rings. The molecule has 0 fully saturated rings. The zero-order chi connectivity index (χ0) is 15.2. The monoisotopic (exact) mass is 305 g/mol. The zero-order valence-corrected chi connectivity index (χ0v) is 13.1. The summed E-state index contributed by atoms with van der Waals surface area (Å²) in [6.45, 7) is 3.97. The highest BCUT2D eigenvalue weighted by molar-refractivity contribution is 7.99. The van der Waals surface area contributed by atoms with Crippen LogP contribution >= 0.6 is 11.8 Å². The molecule has 1 unspecified atom stereocenters. The summed E-state index contributed by atoms with van der Waals surface area (Å²) >= 11 is 1.42. The van der Waals surface area contributed by atoms with Gasteiger partial charge < -0.3 is 10.5 Å². The van der Waals surface area contributed by atoms with Crippen molar-refractivity contribution in [1.82, 2.24) is 0 Å². The molecule has 0 radical (unpaired) electrons. The average Bonchev–Trinajstić information content (AvgIpc) is 2.46. The number of hydrogen-bond donors (Lipinski definition) is 1. The summed E-state index contributed by atoms with van der Waals surface area (Å²) in [6, 6.07) is 14.3. The number of benzene rings is 2. The van der Waals surface area contributed by atoms with E-state index < -0.39 is 0 Å². The summed E-state index contributed by atoms with van der Waals surface area (Å²) in [4.78, 5) is 0.621. The summed E-state index contributed by atoms with van der Waals surface area (Å²) in [5, 5.41) is 0. The van der Waals surface area contributed by atoms with Crippen molar-refractivity contribution in [2.45, 2.75) is 30.9 Å². The Balaban J connectivity index is 2.07. The predicted octanol–water partition coefficient (Wildman–Crippen LogP) is 4.41. The Labute approximate surface area is 129 Å². The molecule has 21 heavy (non-hydrogen) atoms. The molecule has 112 valence electrons. The molecule has 2 N–H and O–H groups in total. The third-order valence-corrected chi connectivity index (χ3v) is 4.10. The van der Waals surface area contributed by atoms with E-state index in [1.165, 1.54) is 17.8 Å². The van der Waals surface area contributed by atoms with Crippen LogP contribution in [-0.4, -0.2) is 11.9 Å². The van der Waals surface area contributed by atoms with E-state index in [9.17, 15) is 4.39 Å². The lowest BCUT2D eigenvalue weighted by Gasteiger charge is -2.18. The lowest BCUT2D eigenvalue weighted by Crippen LogP contribution is -2.16. The van der Waals surface area contributed by atoms with E-state index in [-0.39, 0.29) is 18.0 Å². The molecule has 0 amide bonds. The van der Waals surface area contributed by atoms with Gasteiger partial charge in [-0.05, 0) is 32.0 Å². The van der Waals surface area contributed by atoms with E-state index in [0.29, 0.717) is 10.6 Å². The minimum absolute atomic E-state index is 0.0950. The second kappa shape index (κ2) is 7.48. The van der Waals surface area contributed by atoms with Gasteiger partial charge in [0.25, 0.3) is 0 Å². The fraction of sp³-hybridized carbons (Fsp3) is 0.294. The van der Waals surface area contributed by atoms with Crippen LogP contribution in [0.4, 0.5) is 4.39 Å². The number of thioether (sulfide) groups is 1. The first-order chi connectivity index (χ1) is 10.1. The molecule has 2 aromatic rings. The van der Waals surface area contributed by atoms with Gasteiger partial charge in [-0.3, -0.25) is 0 Å². The standard InChI is InChI=1S/C17H20FNOS/c1-12(2)20-16-9-5-3-7-13(16)15(19)11-21-17-10-6-4-8-14(17)18/h3-10,12,15H,11,19H2,1-2H3. The van der Waals surface area contributed by atoms with Gasteiger partial charge in [-0.25, -0.2) is 4.39 Å². The smallest absolute Gasteiger partial charge is 0.136 e. The van der Waals surface area contributed by atoms with Gasteiger partial charge in [0.2, 0.25) is 0 Å². The second-order valence-corrected chi connectivity index (χ2v) is 6.11. The minimum Gasteiger partial charge on any atom is -0.491 e. The topological polar surface area (TPSA) is 35.2 Å². The highest BCUT2D eigenvalue weighted by Gasteiger charge is 2.14. The lowest BCUT2D eigenvalue weighted by molar-refractivity contribution is 0.239. The van der Waals surface area contributed by atoms with Crippen molar-refractivity contribution in [3.05, 3.63) is 59.9 Å². The van der Waals surface area contributed by atoms with Crippen molar-refractivity contribution in [2.75, 3.05) is 5.75 Å². The van der Waals surface area contributed by atoms with Gasteiger partial charge in [-0.1, -0.05) is 30.3 Å². The van der Waals surface area contributed by atoms with Gasteiger partial charge in [-0.15, -0.1) is 11.8 Å². The number of rotatable bonds is 6. The molecule has 0 aliphatic heterocycles. The highest BCUT2D eigenvalue weighted by Crippen LogP contribution is 2.30. The lowest BCUT2D eigenvalue weighted by atomic mass is 10.1. The van der Waals surface area contributed by atoms with Crippen molar-refractivity contribution in [2.24, 2.45) is 5.73 Å². The SMILES string of the molecule is CC(C)Oc1ccccc1C(N)CSc1ccccc1F. The third kappa shape index (κ3) is 4.48. The van der Waals surface area contributed by atoms with Crippen LogP contribution in [-0.2, 0) is 0 Å². The Morgan fingerprint density at radius 2 is 1.76 bits per heavy atom. The maximum absolute atomic E-state index is 13.6. The molecule has 0 bridgehead atoms. The van der Waals surface area contributed by atoms with Crippen molar-refractivity contribution < 1.29 is 9.13 Å². The first-order valence-corrected chi connectivity index (χ1v) is 7.95. The van der Waals surface area contributed by atoms with E-state index >= 15 is 0 Å². The van der Waals surface area contributed by atoms with Crippen molar-refractivity contribution in [3.63, 3.8) is 0 Å². The Bertz CT molecular complexity index is 589. The predicted molar refractivity (Wildman–Crippen MR) is 86.3 cm³/mol. The van der Waals surface area contributed by atoms with Gasteiger partial charge >= 0.3 is 0 Å². The maximum atomic E-state index is 13.6. The van der Waals surface area contributed by atoms with Crippen LogP contribution in [0.2, 0.25) is 0 Å². The molecule has 2 nitrogen and oxygen atoms in total. The molecule has 0 saturated heterocycles. The van der Waals surface area contributed by atoms with E-state index in [4.69, 9.17) is 10.5 Å². The summed E-state index contributed by atoms with van der Waals surface area (Å²) in [5.41, 5.74) is 7.20. The van der Waals surface area contributed by atoms with Crippen LogP contribution < -0.4 is 10.5 Å². The number of halogens is 1. The number of hydrogen-bond acceptors (Lipinski definition) is 3. The van der Waals surface area contributed by atoms with Crippen molar-refractivity contribution in [3.8, 4) is 5.75 Å². The molecular weight excluding hydrogens is 285 g/mol. The molecule has 2 aromatic carbocycles. The molecule has 0 spiro atoms. The van der Waals surface area contributed by atoms with E-state index in [1.807, 2.05) is 44.2 Å². The Hall–Kier alpha value is -1.52. The van der Waals surface area contributed by atoms with Gasteiger partial charge in [-0.2, -0.15) is 0 Å². The molecule has 0 aliphatic carbocycles. The summed E-state index contributed by atoms with van der Waals surface area (Å²) in [7, 11) is 0.